The van der Waals surface area contributed by atoms with E-state index in [1.165, 1.54) is 22.5 Å². The van der Waals surface area contributed by atoms with Crippen LogP contribution in [-0.2, 0) is 22.4 Å². The number of nitrogens with one attached hydrogen (secondary N) is 3. The van der Waals surface area contributed by atoms with E-state index in [0.717, 1.165) is 31.6 Å². The number of hydrogen-bond donors (Lipinski definition) is 3. The van der Waals surface area contributed by atoms with Crippen LogP contribution in [0.15, 0.2) is 30.3 Å². The normalized spacial score (nSPS) is 21.6. The molecule has 2 aromatic rings. The second-order valence-electron chi connectivity index (χ2n) is 7.13. The van der Waals surface area contributed by atoms with Gasteiger partial charge in [-0.15, -0.1) is 11.3 Å². The molecule has 0 spiro atoms. The number of anilines is 1. The van der Waals surface area contributed by atoms with Crippen molar-refractivity contribution in [2.75, 3.05) is 31.6 Å². The summed E-state index contributed by atoms with van der Waals surface area (Å²) in [6, 6.07) is 9.35. The molecule has 1 aromatic carbocycles. The van der Waals surface area contributed by atoms with E-state index in [9.17, 15) is 9.59 Å². The van der Waals surface area contributed by atoms with E-state index in [0.29, 0.717) is 22.2 Å². The lowest BCUT2D eigenvalue weighted by atomic mass is 9.96. The van der Waals surface area contributed by atoms with Crippen molar-refractivity contribution in [1.82, 2.24) is 10.6 Å². The predicted octanol–water partition coefficient (Wildman–Crippen LogP) is 2.62. The van der Waals surface area contributed by atoms with E-state index in [1.807, 2.05) is 12.1 Å². The number of hydrogen-bond acceptors (Lipinski definition) is 5. The van der Waals surface area contributed by atoms with Crippen LogP contribution in [0.25, 0.3) is 0 Å². The van der Waals surface area contributed by atoms with Gasteiger partial charge in [0.1, 0.15) is 5.54 Å². The summed E-state index contributed by atoms with van der Waals surface area (Å²) in [4.78, 5) is 26.2. The van der Waals surface area contributed by atoms with Crippen molar-refractivity contribution in [3.8, 4) is 0 Å². The number of carbonyl (C=O) groups excluding carboxylic acids is 2. The third-order valence-corrected chi connectivity index (χ3v) is 6.44. The van der Waals surface area contributed by atoms with Crippen LogP contribution in [0.3, 0.4) is 0 Å². The van der Waals surface area contributed by atoms with Gasteiger partial charge in [-0.25, -0.2) is 0 Å². The van der Waals surface area contributed by atoms with Crippen LogP contribution in [0, 0.1) is 0 Å². The molecule has 2 aliphatic heterocycles. The number of fused-ring (bicyclic) bond motifs is 1. The molecule has 1 atom stereocenters. The van der Waals surface area contributed by atoms with Crippen molar-refractivity contribution < 1.29 is 14.3 Å². The van der Waals surface area contributed by atoms with Crippen LogP contribution in [0.2, 0.25) is 4.34 Å². The maximum absolute atomic E-state index is 13.1. The van der Waals surface area contributed by atoms with Gasteiger partial charge in [0.2, 0.25) is 0 Å². The highest BCUT2D eigenvalue weighted by Gasteiger charge is 2.44. The third kappa shape index (κ3) is 4.07. The summed E-state index contributed by atoms with van der Waals surface area (Å²) < 4.78 is 5.99. The molecule has 0 bridgehead atoms. The minimum atomic E-state index is -1.08. The molecule has 6 nitrogen and oxygen atoms in total. The van der Waals surface area contributed by atoms with E-state index in [1.54, 1.807) is 12.1 Å². The predicted molar refractivity (Wildman–Crippen MR) is 110 cm³/mol. The number of rotatable bonds is 4. The summed E-state index contributed by atoms with van der Waals surface area (Å²) >= 11 is 7.11. The van der Waals surface area contributed by atoms with Gasteiger partial charge in [0, 0.05) is 18.7 Å². The van der Waals surface area contributed by atoms with Crippen LogP contribution in [0.5, 0.6) is 0 Å². The van der Waals surface area contributed by atoms with Crippen molar-refractivity contribution in [1.29, 1.82) is 0 Å². The molecule has 4 rings (SSSR count). The van der Waals surface area contributed by atoms with Crippen molar-refractivity contribution in [2.45, 2.75) is 24.8 Å². The lowest BCUT2D eigenvalue weighted by Crippen LogP contribution is -2.57. The Balaban J connectivity index is 1.51. The number of halogens is 1. The monoisotopic (exact) mass is 419 g/mol. The van der Waals surface area contributed by atoms with Crippen LogP contribution in [0.1, 0.15) is 27.2 Å². The van der Waals surface area contributed by atoms with Gasteiger partial charge in [0.05, 0.1) is 15.8 Å². The van der Waals surface area contributed by atoms with Gasteiger partial charge >= 0.3 is 0 Å². The topological polar surface area (TPSA) is 79.5 Å². The zero-order valence-electron chi connectivity index (χ0n) is 15.3. The molecule has 1 fully saturated rings. The maximum atomic E-state index is 13.1. The van der Waals surface area contributed by atoms with Gasteiger partial charge < -0.3 is 20.7 Å². The first kappa shape index (κ1) is 19.4. The van der Waals surface area contributed by atoms with E-state index >= 15 is 0 Å². The smallest absolute Gasteiger partial charge is 0.262 e. The molecule has 3 N–H and O–H groups in total. The van der Waals surface area contributed by atoms with Crippen molar-refractivity contribution in [2.24, 2.45) is 0 Å². The fourth-order valence-corrected chi connectivity index (χ4v) is 4.56. The Labute approximate surface area is 172 Å². The van der Waals surface area contributed by atoms with E-state index in [2.05, 4.69) is 22.0 Å². The Hall–Kier alpha value is -1.93. The number of carbonyl (C=O) groups is 2. The summed E-state index contributed by atoms with van der Waals surface area (Å²) in [6.45, 7) is 2.48. The highest BCUT2D eigenvalue weighted by atomic mass is 35.5. The molecule has 0 aliphatic carbocycles. The Bertz CT molecular complexity index is 893. The van der Waals surface area contributed by atoms with Crippen molar-refractivity contribution in [3.63, 3.8) is 0 Å². The first-order valence-electron chi connectivity index (χ1n) is 9.35. The third-order valence-electron chi connectivity index (χ3n) is 5.21. The highest BCUT2D eigenvalue weighted by Crippen LogP contribution is 2.26. The molecule has 2 aliphatic rings. The largest absolute Gasteiger partial charge is 0.378 e. The summed E-state index contributed by atoms with van der Waals surface area (Å²) in [5.41, 5.74) is 2.22. The summed E-state index contributed by atoms with van der Waals surface area (Å²) in [7, 11) is 0. The van der Waals surface area contributed by atoms with E-state index < -0.39 is 5.54 Å². The molecule has 148 valence electrons. The second kappa shape index (κ2) is 8.21. The number of amides is 2. The maximum Gasteiger partial charge on any atom is 0.262 e. The Morgan fingerprint density at radius 1 is 1.14 bits per heavy atom. The Morgan fingerprint density at radius 2 is 1.96 bits per heavy atom. The van der Waals surface area contributed by atoms with Crippen LogP contribution >= 0.6 is 22.9 Å². The lowest BCUT2D eigenvalue weighted by Gasteiger charge is -2.27. The molecule has 2 amide bonds. The van der Waals surface area contributed by atoms with Gasteiger partial charge in [-0.3, -0.25) is 9.59 Å². The summed E-state index contributed by atoms with van der Waals surface area (Å²) in [5, 5.41) is 9.24. The van der Waals surface area contributed by atoms with Gasteiger partial charge in [0.25, 0.3) is 11.8 Å². The number of benzene rings is 1. The first-order valence-corrected chi connectivity index (χ1v) is 10.5. The van der Waals surface area contributed by atoms with Gasteiger partial charge in [-0.2, -0.15) is 0 Å². The molecule has 0 saturated carbocycles. The molecule has 3 heterocycles. The highest BCUT2D eigenvalue weighted by molar-refractivity contribution is 7.18. The molecule has 8 heteroatoms. The van der Waals surface area contributed by atoms with Crippen LogP contribution in [-0.4, -0.2) is 43.7 Å². The van der Waals surface area contributed by atoms with Gasteiger partial charge in [-0.1, -0.05) is 17.7 Å². The standard InChI is InChI=1S/C20H22ClN3O3S/c21-17-4-3-16(28-17)18(25)24-20(7-10-27-12-20)19(26)23-15-2-1-13-5-8-22-9-6-14(13)11-15/h1-4,11,22H,5-10,12H2,(H,23,26)(H,24,25)/t20-/m0/s1. The molecule has 1 aromatic heterocycles. The Kier molecular flexibility index (Phi) is 5.68. The van der Waals surface area contributed by atoms with Crippen LogP contribution < -0.4 is 16.0 Å². The first-order chi connectivity index (χ1) is 13.6. The molecular weight excluding hydrogens is 398 g/mol. The molecular formula is C20H22ClN3O3S. The summed E-state index contributed by atoms with van der Waals surface area (Å²) in [5.74, 6) is -0.571. The van der Waals surface area contributed by atoms with E-state index in [4.69, 9.17) is 16.3 Å². The number of thiophene rings is 1. The zero-order chi connectivity index (χ0) is 19.6. The van der Waals surface area contributed by atoms with E-state index in [-0.39, 0.29) is 18.4 Å². The van der Waals surface area contributed by atoms with Crippen molar-refractivity contribution in [3.05, 3.63) is 50.7 Å². The SMILES string of the molecule is O=C(N[C@@]1(C(=O)Nc2ccc3c(c2)CCNCC3)CCOC1)c1ccc(Cl)s1. The second-order valence-corrected chi connectivity index (χ2v) is 8.85. The minimum Gasteiger partial charge on any atom is -0.378 e. The quantitative estimate of drug-likeness (QED) is 0.711. The van der Waals surface area contributed by atoms with Crippen LogP contribution in [0.4, 0.5) is 5.69 Å². The average Bonchev–Trinajstić information content (AvgIpc) is 3.26. The molecule has 28 heavy (non-hydrogen) atoms. The minimum absolute atomic E-state index is 0.151. The average molecular weight is 420 g/mol. The molecule has 0 radical (unpaired) electrons. The fraction of sp³-hybridized carbons (Fsp3) is 0.400. The van der Waals surface area contributed by atoms with Gasteiger partial charge in [-0.05, 0) is 61.3 Å². The summed E-state index contributed by atoms with van der Waals surface area (Å²) in [6.07, 6.45) is 2.35. The number of ether oxygens (including phenoxy) is 1. The van der Waals surface area contributed by atoms with Crippen molar-refractivity contribution >= 4 is 40.4 Å². The molecule has 0 unspecified atom stereocenters. The molecule has 1 saturated heterocycles. The van der Waals surface area contributed by atoms with Gasteiger partial charge in [0.15, 0.2) is 0 Å². The zero-order valence-corrected chi connectivity index (χ0v) is 16.9. The fourth-order valence-electron chi connectivity index (χ4n) is 3.62. The lowest BCUT2D eigenvalue weighted by molar-refractivity contribution is -0.122. The Morgan fingerprint density at radius 3 is 2.68 bits per heavy atom.